The minimum Gasteiger partial charge on any atom is -0.444 e. The zero-order chi connectivity index (χ0) is 14.5. The highest BCUT2D eigenvalue weighted by molar-refractivity contribution is 6.08. The van der Waals surface area contributed by atoms with Crippen LogP contribution >= 0.6 is 0 Å². The summed E-state index contributed by atoms with van der Waals surface area (Å²) in [6.07, 6.45) is 2.04. The number of hydrogen-bond acceptors (Lipinski definition) is 4. The van der Waals surface area contributed by atoms with Crippen molar-refractivity contribution in [3.63, 3.8) is 0 Å². The van der Waals surface area contributed by atoms with E-state index in [2.05, 4.69) is 13.3 Å². The maximum atomic E-state index is 12.1. The molecule has 2 amide bonds. The molecule has 1 aliphatic rings. The first-order valence-electron chi connectivity index (χ1n) is 6.68. The van der Waals surface area contributed by atoms with E-state index in [0.29, 0.717) is 18.9 Å². The van der Waals surface area contributed by atoms with E-state index < -0.39 is 5.60 Å². The minimum absolute atomic E-state index is 0.0488. The topological polar surface area (TPSA) is 67.9 Å². The Morgan fingerprint density at radius 2 is 2.21 bits per heavy atom. The van der Waals surface area contributed by atoms with Gasteiger partial charge in [0.2, 0.25) is 6.41 Å². The fourth-order valence-electron chi connectivity index (χ4n) is 2.19. The predicted molar refractivity (Wildman–Crippen MR) is 73.3 cm³/mol. The number of carbonyl (C=O) groups excluding carboxylic acids is 2. The van der Waals surface area contributed by atoms with Gasteiger partial charge in [-0.2, -0.15) is 0 Å². The number of rotatable bonds is 5. The number of likely N-dealkylation sites (tertiary alicyclic amines) is 1. The number of nitrogens with one attached hydrogen (secondary N) is 1. The Morgan fingerprint density at radius 3 is 2.74 bits per heavy atom. The highest BCUT2D eigenvalue weighted by Gasteiger charge is 2.36. The second-order valence-electron chi connectivity index (χ2n) is 5.84. The Hall–Kier alpha value is -1.24. The average Bonchev–Trinajstić information content (AvgIpc) is 2.71. The number of amides is 2. The molecule has 0 aromatic heterocycles. The van der Waals surface area contributed by atoms with Crippen molar-refractivity contribution < 1.29 is 19.2 Å². The van der Waals surface area contributed by atoms with Gasteiger partial charge < -0.3 is 9.64 Å². The van der Waals surface area contributed by atoms with Gasteiger partial charge in [-0.15, -0.1) is 0 Å². The molecule has 2 atom stereocenters. The summed E-state index contributed by atoms with van der Waals surface area (Å²) < 4.78 is 5.39. The molecule has 2 unspecified atom stereocenters. The van der Waals surface area contributed by atoms with Crippen LogP contribution in [0, 0.1) is 5.92 Å². The molecule has 19 heavy (non-hydrogen) atoms. The molecule has 0 spiro atoms. The summed E-state index contributed by atoms with van der Waals surface area (Å²) in [5.74, 6) is 0.456. The van der Waals surface area contributed by atoms with Crippen molar-refractivity contribution in [1.82, 2.24) is 10.4 Å². The van der Waals surface area contributed by atoms with Crippen LogP contribution in [0.1, 0.15) is 27.2 Å². The summed E-state index contributed by atoms with van der Waals surface area (Å²) in [7, 11) is 2.10. The Bertz CT molecular complexity index is 319. The molecule has 1 fully saturated rings. The summed E-state index contributed by atoms with van der Waals surface area (Å²) >= 11 is 0. The normalized spacial score (nSPS) is 23.2. The van der Waals surface area contributed by atoms with Crippen LogP contribution in [-0.4, -0.2) is 50.0 Å². The molecular weight excluding hydrogens is 247 g/mol. The number of carbonyl (C=O) groups is 2. The Balaban J connectivity index is 2.60. The van der Waals surface area contributed by atoms with Crippen LogP contribution in [-0.2, 0) is 14.4 Å². The van der Waals surface area contributed by atoms with E-state index in [1.165, 1.54) is 0 Å². The van der Waals surface area contributed by atoms with Gasteiger partial charge in [-0.25, -0.2) is 10.3 Å². The number of ether oxygens (including phenoxy) is 1. The molecule has 0 bridgehead atoms. The van der Waals surface area contributed by atoms with Crippen molar-refractivity contribution in [3.05, 3.63) is 0 Å². The molecule has 108 valence electrons. The summed E-state index contributed by atoms with van der Waals surface area (Å²) in [6.45, 7) is 6.50. The van der Waals surface area contributed by atoms with Crippen LogP contribution in [0.3, 0.4) is 0 Å². The van der Waals surface area contributed by atoms with E-state index >= 15 is 0 Å². The molecule has 0 aliphatic carbocycles. The van der Waals surface area contributed by atoms with Crippen LogP contribution < -0.4 is 5.48 Å². The third-order valence-corrected chi connectivity index (χ3v) is 3.11. The summed E-state index contributed by atoms with van der Waals surface area (Å²) in [5.41, 5.74) is 1.65. The van der Waals surface area contributed by atoms with E-state index in [1.54, 1.807) is 4.90 Å². The molecule has 0 aromatic rings. The van der Waals surface area contributed by atoms with Gasteiger partial charge in [0.1, 0.15) is 13.4 Å². The first-order valence-corrected chi connectivity index (χ1v) is 6.68. The van der Waals surface area contributed by atoms with Crippen molar-refractivity contribution in [2.24, 2.45) is 5.92 Å². The van der Waals surface area contributed by atoms with Gasteiger partial charge in [0.05, 0.1) is 12.6 Å². The van der Waals surface area contributed by atoms with E-state index in [-0.39, 0.29) is 18.7 Å². The first-order chi connectivity index (χ1) is 8.87. The lowest BCUT2D eigenvalue weighted by molar-refractivity contribution is -0.121. The molecule has 1 rings (SSSR count). The number of hydrogen-bond donors (Lipinski definition) is 1. The second kappa shape index (κ2) is 6.79. The van der Waals surface area contributed by atoms with Crippen LogP contribution in [0.4, 0.5) is 4.79 Å². The molecule has 1 saturated heterocycles. The molecule has 0 radical (unpaired) electrons. The molecular formula is C12H23BN2O4. The summed E-state index contributed by atoms with van der Waals surface area (Å²) in [5, 5.41) is 0. The smallest absolute Gasteiger partial charge is 0.410 e. The van der Waals surface area contributed by atoms with E-state index in [4.69, 9.17) is 9.57 Å². The lowest BCUT2D eigenvalue weighted by Gasteiger charge is -2.28. The van der Waals surface area contributed by atoms with Crippen LogP contribution in [0.2, 0.25) is 6.32 Å². The van der Waals surface area contributed by atoms with Crippen LogP contribution in [0.5, 0.6) is 0 Å². The van der Waals surface area contributed by atoms with Crippen LogP contribution in [0.25, 0.3) is 0 Å². The lowest BCUT2D eigenvalue weighted by atomic mass is 9.89. The van der Waals surface area contributed by atoms with Gasteiger partial charge in [-0.05, 0) is 33.1 Å². The fourth-order valence-corrected chi connectivity index (χ4v) is 2.19. The van der Waals surface area contributed by atoms with E-state index in [1.807, 2.05) is 20.8 Å². The molecule has 1 aliphatic heterocycles. The highest BCUT2D eigenvalue weighted by Crippen LogP contribution is 2.27. The fraction of sp³-hybridized carbons (Fsp3) is 0.833. The summed E-state index contributed by atoms with van der Waals surface area (Å²) in [4.78, 5) is 29.0. The van der Waals surface area contributed by atoms with Gasteiger partial charge in [-0.3, -0.25) is 9.63 Å². The zero-order valence-corrected chi connectivity index (χ0v) is 12.1. The molecule has 0 saturated carbocycles. The zero-order valence-electron chi connectivity index (χ0n) is 12.1. The monoisotopic (exact) mass is 270 g/mol. The average molecular weight is 270 g/mol. The number of nitrogens with zero attached hydrogens (tertiary/aromatic N) is 1. The van der Waals surface area contributed by atoms with Crippen molar-refractivity contribution >= 4 is 20.3 Å². The molecule has 6 nitrogen and oxygen atoms in total. The highest BCUT2D eigenvalue weighted by atomic mass is 16.6. The first kappa shape index (κ1) is 15.8. The summed E-state index contributed by atoms with van der Waals surface area (Å²) in [6, 6.07) is -0.0488. The van der Waals surface area contributed by atoms with Crippen LogP contribution in [0.15, 0.2) is 0 Å². The Kier molecular flexibility index (Phi) is 5.66. The lowest BCUT2D eigenvalue weighted by Crippen LogP contribution is -2.42. The van der Waals surface area contributed by atoms with Crippen molar-refractivity contribution in [2.45, 2.75) is 45.2 Å². The molecule has 1 N–H and O–H groups in total. The van der Waals surface area contributed by atoms with Crippen molar-refractivity contribution in [1.29, 1.82) is 0 Å². The maximum Gasteiger partial charge on any atom is 0.410 e. The Labute approximate surface area is 115 Å². The standard InChI is InChI=1S/C12H23BN2O4/c1-12(2,3)19-11(17)15-6-9(5-13)4-10(15)7-18-14-8-16/h8-10H,4-7,13H2,1-3H3,(H,14,16). The molecule has 1 heterocycles. The molecule has 0 aromatic carbocycles. The van der Waals surface area contributed by atoms with Gasteiger partial charge in [-0.1, -0.05) is 6.32 Å². The second-order valence-corrected chi connectivity index (χ2v) is 5.84. The SMILES string of the molecule is BCC1CC(CONC=O)N(C(=O)OC(C)(C)C)C1. The van der Waals surface area contributed by atoms with Gasteiger partial charge in [0, 0.05) is 6.54 Å². The van der Waals surface area contributed by atoms with Gasteiger partial charge in [0.15, 0.2) is 0 Å². The number of hydroxylamine groups is 1. The maximum absolute atomic E-state index is 12.1. The van der Waals surface area contributed by atoms with Gasteiger partial charge in [0.25, 0.3) is 0 Å². The quantitative estimate of drug-likeness (QED) is 0.338. The minimum atomic E-state index is -0.506. The predicted octanol–water partition coefficient (Wildman–Crippen LogP) is 0.341. The van der Waals surface area contributed by atoms with Gasteiger partial charge >= 0.3 is 6.09 Å². The third-order valence-electron chi connectivity index (χ3n) is 3.11. The van der Waals surface area contributed by atoms with Crippen molar-refractivity contribution in [2.75, 3.05) is 13.2 Å². The van der Waals surface area contributed by atoms with E-state index in [0.717, 1.165) is 12.7 Å². The van der Waals surface area contributed by atoms with E-state index in [9.17, 15) is 9.59 Å². The molecule has 7 heteroatoms. The largest absolute Gasteiger partial charge is 0.444 e. The van der Waals surface area contributed by atoms with Crippen molar-refractivity contribution in [3.8, 4) is 0 Å². The Morgan fingerprint density at radius 1 is 1.53 bits per heavy atom. The third kappa shape index (κ3) is 5.10.